The molecule has 9 nitrogen and oxygen atoms in total. The van der Waals surface area contributed by atoms with E-state index in [9.17, 15) is 13.6 Å². The van der Waals surface area contributed by atoms with Crippen molar-refractivity contribution >= 4 is 29.1 Å². The summed E-state index contributed by atoms with van der Waals surface area (Å²) in [5.41, 5.74) is 1.67. The van der Waals surface area contributed by atoms with Crippen LogP contribution in [0.1, 0.15) is 43.0 Å². The average Bonchev–Trinajstić information content (AvgIpc) is 3.31. The zero-order chi connectivity index (χ0) is 26.8. The van der Waals surface area contributed by atoms with Crippen LogP contribution in [0.15, 0.2) is 36.7 Å². The number of carbonyl (C=O) groups is 1. The van der Waals surface area contributed by atoms with Gasteiger partial charge in [0.05, 0.1) is 11.7 Å². The van der Waals surface area contributed by atoms with Gasteiger partial charge < -0.3 is 14.8 Å². The second-order valence-electron chi connectivity index (χ2n) is 9.65. The summed E-state index contributed by atoms with van der Waals surface area (Å²) < 4.78 is 31.4. The van der Waals surface area contributed by atoms with Crippen molar-refractivity contribution in [3.8, 4) is 11.3 Å². The summed E-state index contributed by atoms with van der Waals surface area (Å²) in [6.07, 6.45) is 3.42. The number of halogens is 2. The van der Waals surface area contributed by atoms with Gasteiger partial charge >= 0.3 is 0 Å². The molecule has 0 aliphatic carbocycles. The number of nitrogens with zero attached hydrogens (tertiary/aromatic N) is 7. The predicted molar refractivity (Wildman–Crippen MR) is 141 cm³/mol. The number of rotatable bonds is 8. The minimum atomic E-state index is -0.702. The minimum Gasteiger partial charge on any atom is -0.319 e. The molecule has 4 heterocycles. The van der Waals surface area contributed by atoms with Crippen LogP contribution in [-0.2, 0) is 6.54 Å². The maximum Gasteiger partial charge on any atom is 0.229 e. The maximum atomic E-state index is 15.0. The van der Waals surface area contributed by atoms with Crippen LogP contribution in [0.5, 0.6) is 0 Å². The number of pyridine rings is 1. The van der Waals surface area contributed by atoms with Gasteiger partial charge in [-0.25, -0.2) is 28.7 Å². The van der Waals surface area contributed by atoms with Crippen molar-refractivity contribution in [2.75, 3.05) is 38.0 Å². The summed E-state index contributed by atoms with van der Waals surface area (Å²) in [6, 6.07) is 6.42. The highest BCUT2D eigenvalue weighted by atomic mass is 19.1. The summed E-state index contributed by atoms with van der Waals surface area (Å²) in [7, 11) is 0. The number of carbonyl (C=O) groups excluding carboxylic acids is 1. The fraction of sp³-hybridized carbons (Fsp3) is 0.370. The number of piperazine rings is 1. The summed E-state index contributed by atoms with van der Waals surface area (Å²) in [5, 5.41) is 3.00. The quantitative estimate of drug-likeness (QED) is 0.341. The highest BCUT2D eigenvalue weighted by Gasteiger charge is 2.20. The zero-order valence-electron chi connectivity index (χ0n) is 21.7. The molecule has 0 amide bonds. The predicted octanol–water partition coefficient (Wildman–Crippen LogP) is 4.44. The molecule has 1 saturated heterocycles. The number of aromatic nitrogens is 5. The average molecular weight is 521 g/mol. The van der Waals surface area contributed by atoms with E-state index in [-0.39, 0.29) is 34.6 Å². The standard InChI is InChI=1S/C27H30F2N8O/c1-4-35-7-9-36(10-8-35)15-18-5-6-23(30-13-18)32-27-31-14-21(29)25(34-27)19-11-20(28)26-22(12-19)37(17(2)3)24(16-38)33-26/h5-6,11-14,16-17H,4,7-10,15H2,1-3H3,(H,30,31,32,34). The number of fused-ring (bicyclic) bond motifs is 1. The van der Waals surface area contributed by atoms with Gasteiger partial charge in [-0.05, 0) is 44.2 Å². The van der Waals surface area contributed by atoms with Crippen LogP contribution in [0.4, 0.5) is 20.5 Å². The largest absolute Gasteiger partial charge is 0.319 e. The fourth-order valence-corrected chi connectivity index (χ4v) is 4.79. The molecule has 3 aromatic heterocycles. The number of anilines is 2. The topological polar surface area (TPSA) is 92.1 Å². The lowest BCUT2D eigenvalue weighted by atomic mass is 10.1. The van der Waals surface area contributed by atoms with E-state index in [0.29, 0.717) is 17.6 Å². The van der Waals surface area contributed by atoms with Crippen molar-refractivity contribution in [2.24, 2.45) is 0 Å². The van der Waals surface area contributed by atoms with Crippen LogP contribution < -0.4 is 5.32 Å². The third kappa shape index (κ3) is 5.25. The number of benzene rings is 1. The van der Waals surface area contributed by atoms with Gasteiger partial charge in [0, 0.05) is 50.5 Å². The Balaban J connectivity index is 1.36. The van der Waals surface area contributed by atoms with Crippen LogP contribution in [-0.4, -0.2) is 73.3 Å². The number of hydrogen-bond donors (Lipinski definition) is 1. The molecule has 1 fully saturated rings. The van der Waals surface area contributed by atoms with Gasteiger partial charge in [0.15, 0.2) is 23.7 Å². The first-order valence-electron chi connectivity index (χ1n) is 12.7. The summed E-state index contributed by atoms with van der Waals surface area (Å²) >= 11 is 0. The number of aldehydes is 1. The number of imidazole rings is 1. The highest BCUT2D eigenvalue weighted by Crippen LogP contribution is 2.30. The SMILES string of the molecule is CCN1CCN(Cc2ccc(Nc3ncc(F)c(-c4cc(F)c5nc(C=O)n(C(C)C)c5c4)n3)nc2)CC1. The molecule has 0 unspecified atom stereocenters. The van der Waals surface area contributed by atoms with Crippen LogP contribution >= 0.6 is 0 Å². The molecule has 0 spiro atoms. The molecule has 1 aliphatic rings. The molecule has 0 bridgehead atoms. The molecule has 0 radical (unpaired) electrons. The van der Waals surface area contributed by atoms with Crippen molar-refractivity contribution in [1.82, 2.24) is 34.3 Å². The van der Waals surface area contributed by atoms with Crippen LogP contribution in [0.3, 0.4) is 0 Å². The number of likely N-dealkylation sites (N-methyl/N-ethyl adjacent to an activating group) is 1. The normalized spacial score (nSPS) is 14.9. The summed E-state index contributed by atoms with van der Waals surface area (Å²) in [5.74, 6) is -0.622. The zero-order valence-corrected chi connectivity index (χ0v) is 21.7. The van der Waals surface area contributed by atoms with Gasteiger partial charge in [-0.3, -0.25) is 9.69 Å². The molecular weight excluding hydrogens is 490 g/mol. The van der Waals surface area contributed by atoms with Crippen LogP contribution in [0.25, 0.3) is 22.3 Å². The molecule has 5 rings (SSSR count). The van der Waals surface area contributed by atoms with E-state index < -0.39 is 11.6 Å². The Kier molecular flexibility index (Phi) is 7.39. The second kappa shape index (κ2) is 10.9. The van der Waals surface area contributed by atoms with Gasteiger partial charge in [-0.2, -0.15) is 0 Å². The van der Waals surface area contributed by atoms with Crippen molar-refractivity contribution in [3.05, 3.63) is 59.7 Å². The Labute approximate surface area is 219 Å². The van der Waals surface area contributed by atoms with E-state index in [1.807, 2.05) is 26.0 Å². The molecule has 0 atom stereocenters. The van der Waals surface area contributed by atoms with Crippen LogP contribution in [0, 0.1) is 11.6 Å². The van der Waals surface area contributed by atoms with Crippen molar-refractivity contribution < 1.29 is 13.6 Å². The first kappa shape index (κ1) is 25.8. The monoisotopic (exact) mass is 520 g/mol. The molecule has 11 heteroatoms. The van der Waals surface area contributed by atoms with Gasteiger partial charge in [0.2, 0.25) is 5.95 Å². The molecule has 1 aromatic carbocycles. The first-order chi connectivity index (χ1) is 18.4. The molecule has 198 valence electrons. The van der Waals surface area contributed by atoms with E-state index in [4.69, 9.17) is 0 Å². The highest BCUT2D eigenvalue weighted by molar-refractivity contribution is 5.87. The van der Waals surface area contributed by atoms with E-state index >= 15 is 0 Å². The first-order valence-corrected chi connectivity index (χ1v) is 12.7. The Hall–Kier alpha value is -3.83. The second-order valence-corrected chi connectivity index (χ2v) is 9.65. The fourth-order valence-electron chi connectivity index (χ4n) is 4.79. The Morgan fingerprint density at radius 2 is 1.76 bits per heavy atom. The van der Waals surface area contributed by atoms with Gasteiger partial charge in [-0.15, -0.1) is 0 Å². The lowest BCUT2D eigenvalue weighted by Gasteiger charge is -2.33. The Morgan fingerprint density at radius 3 is 2.42 bits per heavy atom. The maximum absolute atomic E-state index is 15.0. The molecule has 38 heavy (non-hydrogen) atoms. The Bertz CT molecular complexity index is 1450. The van der Waals surface area contributed by atoms with E-state index in [1.54, 1.807) is 16.8 Å². The van der Waals surface area contributed by atoms with Crippen LogP contribution in [0.2, 0.25) is 0 Å². The van der Waals surface area contributed by atoms with Gasteiger partial charge in [-0.1, -0.05) is 13.0 Å². The summed E-state index contributed by atoms with van der Waals surface area (Å²) in [4.78, 5) is 33.2. The van der Waals surface area contributed by atoms with Gasteiger partial charge in [0.25, 0.3) is 0 Å². The lowest BCUT2D eigenvalue weighted by molar-refractivity contribution is 0.111. The third-order valence-electron chi connectivity index (χ3n) is 6.80. The van der Waals surface area contributed by atoms with Gasteiger partial charge in [0.1, 0.15) is 17.0 Å². The number of nitrogens with one attached hydrogen (secondary N) is 1. The van der Waals surface area contributed by atoms with E-state index in [0.717, 1.165) is 57.1 Å². The lowest BCUT2D eigenvalue weighted by Crippen LogP contribution is -2.45. The molecule has 1 N–H and O–H groups in total. The third-order valence-corrected chi connectivity index (χ3v) is 6.80. The number of hydrogen-bond acceptors (Lipinski definition) is 8. The Morgan fingerprint density at radius 1 is 1.00 bits per heavy atom. The molecule has 0 saturated carbocycles. The minimum absolute atomic E-state index is 0.0499. The van der Waals surface area contributed by atoms with Crippen molar-refractivity contribution in [2.45, 2.75) is 33.4 Å². The smallest absolute Gasteiger partial charge is 0.229 e. The summed E-state index contributed by atoms with van der Waals surface area (Å²) in [6.45, 7) is 12.0. The molecule has 1 aliphatic heterocycles. The van der Waals surface area contributed by atoms with E-state index in [1.165, 1.54) is 0 Å². The van der Waals surface area contributed by atoms with Crippen molar-refractivity contribution in [1.29, 1.82) is 0 Å². The van der Waals surface area contributed by atoms with E-state index in [2.05, 4.69) is 42.0 Å². The molecular formula is C27H30F2N8O. The molecule has 4 aromatic rings. The van der Waals surface area contributed by atoms with Crippen molar-refractivity contribution in [3.63, 3.8) is 0 Å².